The molecule has 164 valence electrons. The molecule has 0 aliphatic carbocycles. The highest BCUT2D eigenvalue weighted by Crippen LogP contribution is 2.34. The van der Waals surface area contributed by atoms with Gasteiger partial charge < -0.3 is 4.74 Å². The SMILES string of the molecule is CCOC(=O)c1ccc(N2C(=O)/C(=C/c3ccccc3[N+](=O)[O-])c3ccccc3C2=O)cc1. The van der Waals surface area contributed by atoms with E-state index in [0.29, 0.717) is 5.56 Å². The van der Waals surface area contributed by atoms with Gasteiger partial charge >= 0.3 is 5.97 Å². The van der Waals surface area contributed by atoms with Crippen LogP contribution in [0.4, 0.5) is 11.4 Å². The summed E-state index contributed by atoms with van der Waals surface area (Å²) in [4.78, 5) is 50.5. The minimum absolute atomic E-state index is 0.147. The number of hydrogen-bond acceptors (Lipinski definition) is 6. The summed E-state index contributed by atoms with van der Waals surface area (Å²) in [5.74, 6) is -1.66. The Kier molecular flexibility index (Phi) is 5.82. The van der Waals surface area contributed by atoms with Gasteiger partial charge in [0.25, 0.3) is 17.5 Å². The molecule has 3 aromatic carbocycles. The Labute approximate surface area is 188 Å². The average molecular weight is 442 g/mol. The maximum atomic E-state index is 13.5. The molecule has 0 bridgehead atoms. The molecule has 0 saturated carbocycles. The standard InChI is InChI=1S/C25H18N2O6/c1-2-33-25(30)16-11-13-18(14-12-16)26-23(28)20-9-5-4-8-19(20)21(24(26)29)15-17-7-3-6-10-22(17)27(31)32/h3-15H,2H2,1H3/b21-15+. The maximum Gasteiger partial charge on any atom is 0.338 e. The Bertz CT molecular complexity index is 1310. The number of esters is 1. The fraction of sp³-hybridized carbons (Fsp3) is 0.0800. The second-order valence-electron chi connectivity index (χ2n) is 7.13. The van der Waals surface area contributed by atoms with Crippen molar-refractivity contribution < 1.29 is 24.0 Å². The van der Waals surface area contributed by atoms with Crippen LogP contribution in [-0.4, -0.2) is 29.3 Å². The van der Waals surface area contributed by atoms with E-state index in [-0.39, 0.29) is 40.2 Å². The van der Waals surface area contributed by atoms with Gasteiger partial charge in [0.2, 0.25) is 0 Å². The third kappa shape index (κ3) is 4.01. The van der Waals surface area contributed by atoms with Gasteiger partial charge in [0.05, 0.1) is 28.3 Å². The summed E-state index contributed by atoms with van der Waals surface area (Å²) in [5, 5.41) is 11.5. The number of amides is 2. The van der Waals surface area contributed by atoms with Crippen LogP contribution in [0.2, 0.25) is 0 Å². The fourth-order valence-electron chi connectivity index (χ4n) is 3.62. The highest BCUT2D eigenvalue weighted by molar-refractivity contribution is 6.43. The summed E-state index contributed by atoms with van der Waals surface area (Å²) < 4.78 is 4.97. The van der Waals surface area contributed by atoms with Crippen LogP contribution in [0.15, 0.2) is 72.8 Å². The number of carbonyl (C=O) groups excluding carboxylic acids is 3. The van der Waals surface area contributed by atoms with Gasteiger partial charge in [-0.25, -0.2) is 9.69 Å². The van der Waals surface area contributed by atoms with Gasteiger partial charge in [0, 0.05) is 17.2 Å². The van der Waals surface area contributed by atoms with E-state index in [0.717, 1.165) is 4.90 Å². The van der Waals surface area contributed by atoms with Crippen LogP contribution in [0, 0.1) is 10.1 Å². The summed E-state index contributed by atoms with van der Waals surface area (Å²) in [7, 11) is 0. The molecule has 0 spiro atoms. The molecule has 1 aliphatic heterocycles. The van der Waals surface area contributed by atoms with E-state index in [1.54, 1.807) is 37.3 Å². The quantitative estimate of drug-likeness (QED) is 0.189. The lowest BCUT2D eigenvalue weighted by Gasteiger charge is -2.28. The van der Waals surface area contributed by atoms with Gasteiger partial charge in [-0.15, -0.1) is 0 Å². The number of nitro groups is 1. The van der Waals surface area contributed by atoms with Crippen molar-refractivity contribution in [2.75, 3.05) is 11.5 Å². The largest absolute Gasteiger partial charge is 0.462 e. The number of imide groups is 1. The summed E-state index contributed by atoms with van der Waals surface area (Å²) in [6.45, 7) is 1.92. The Hall–Kier alpha value is -4.59. The van der Waals surface area contributed by atoms with E-state index in [2.05, 4.69) is 0 Å². The lowest BCUT2D eigenvalue weighted by Crippen LogP contribution is -2.41. The van der Waals surface area contributed by atoms with Gasteiger partial charge in [-0.3, -0.25) is 19.7 Å². The van der Waals surface area contributed by atoms with Crippen molar-refractivity contribution in [1.29, 1.82) is 0 Å². The zero-order valence-corrected chi connectivity index (χ0v) is 17.6. The normalized spacial score (nSPS) is 14.2. The average Bonchev–Trinajstić information content (AvgIpc) is 2.82. The number of nitrogens with zero attached hydrogens (tertiary/aromatic N) is 2. The number of nitro benzene ring substituents is 1. The molecule has 2 amide bonds. The number of para-hydroxylation sites is 1. The zero-order valence-electron chi connectivity index (χ0n) is 17.6. The number of benzene rings is 3. The highest BCUT2D eigenvalue weighted by Gasteiger charge is 2.36. The predicted octanol–water partition coefficient (Wildman–Crippen LogP) is 4.50. The molecular formula is C25H18N2O6. The maximum absolute atomic E-state index is 13.5. The van der Waals surface area contributed by atoms with Crippen LogP contribution in [0.3, 0.4) is 0 Å². The third-order valence-corrected chi connectivity index (χ3v) is 5.15. The summed E-state index contributed by atoms with van der Waals surface area (Å²) >= 11 is 0. The minimum atomic E-state index is -0.624. The van der Waals surface area contributed by atoms with Gasteiger partial charge in [-0.2, -0.15) is 0 Å². The molecule has 0 fully saturated rings. The van der Waals surface area contributed by atoms with Crippen LogP contribution < -0.4 is 4.90 Å². The van der Waals surface area contributed by atoms with Crippen molar-refractivity contribution in [3.05, 3.63) is 105 Å². The molecule has 1 aliphatic rings. The van der Waals surface area contributed by atoms with E-state index < -0.39 is 22.7 Å². The molecule has 0 unspecified atom stereocenters. The smallest absolute Gasteiger partial charge is 0.338 e. The van der Waals surface area contributed by atoms with Crippen molar-refractivity contribution in [1.82, 2.24) is 0 Å². The predicted molar refractivity (Wildman–Crippen MR) is 122 cm³/mol. The van der Waals surface area contributed by atoms with Gasteiger partial charge in [-0.1, -0.05) is 30.3 Å². The van der Waals surface area contributed by atoms with Crippen LogP contribution in [0.5, 0.6) is 0 Å². The monoisotopic (exact) mass is 442 g/mol. The molecule has 0 atom stereocenters. The van der Waals surface area contributed by atoms with E-state index in [4.69, 9.17) is 4.74 Å². The molecule has 33 heavy (non-hydrogen) atoms. The van der Waals surface area contributed by atoms with E-state index in [1.165, 1.54) is 48.5 Å². The number of rotatable bonds is 5. The summed E-state index contributed by atoms with van der Waals surface area (Å²) in [6, 6.07) is 18.6. The van der Waals surface area contributed by atoms with Crippen molar-refractivity contribution in [2.24, 2.45) is 0 Å². The Morgan fingerprint density at radius 2 is 1.58 bits per heavy atom. The zero-order chi connectivity index (χ0) is 23.5. The van der Waals surface area contributed by atoms with E-state index in [9.17, 15) is 24.5 Å². The first-order valence-corrected chi connectivity index (χ1v) is 10.1. The summed E-state index contributed by atoms with van der Waals surface area (Å²) in [5.41, 5.74) is 1.47. The molecule has 8 heteroatoms. The van der Waals surface area contributed by atoms with E-state index in [1.807, 2.05) is 0 Å². The topological polar surface area (TPSA) is 107 Å². The van der Waals surface area contributed by atoms with Crippen molar-refractivity contribution in [3.63, 3.8) is 0 Å². The Balaban J connectivity index is 1.83. The van der Waals surface area contributed by atoms with Crippen molar-refractivity contribution >= 4 is 40.8 Å². The highest BCUT2D eigenvalue weighted by atomic mass is 16.6. The van der Waals surface area contributed by atoms with Gasteiger partial charge in [0.1, 0.15) is 0 Å². The second-order valence-corrected chi connectivity index (χ2v) is 7.13. The second kappa shape index (κ2) is 8.88. The number of fused-ring (bicyclic) bond motifs is 1. The molecule has 0 N–H and O–H groups in total. The first-order valence-electron chi connectivity index (χ1n) is 10.1. The van der Waals surface area contributed by atoms with E-state index >= 15 is 0 Å². The van der Waals surface area contributed by atoms with Crippen LogP contribution in [0.25, 0.3) is 11.6 Å². The first kappa shape index (κ1) is 21.6. The van der Waals surface area contributed by atoms with Crippen molar-refractivity contribution in [3.8, 4) is 0 Å². The Morgan fingerprint density at radius 1 is 0.939 bits per heavy atom. The van der Waals surface area contributed by atoms with Gasteiger partial charge in [0.15, 0.2) is 0 Å². The molecule has 4 rings (SSSR count). The molecule has 1 heterocycles. The number of ether oxygens (including phenoxy) is 1. The summed E-state index contributed by atoms with van der Waals surface area (Å²) in [6.07, 6.45) is 1.42. The molecule has 8 nitrogen and oxygen atoms in total. The third-order valence-electron chi connectivity index (χ3n) is 5.15. The first-order chi connectivity index (χ1) is 15.9. The molecular weight excluding hydrogens is 424 g/mol. The minimum Gasteiger partial charge on any atom is -0.462 e. The van der Waals surface area contributed by atoms with Crippen molar-refractivity contribution in [2.45, 2.75) is 6.92 Å². The number of carbonyl (C=O) groups is 3. The van der Waals surface area contributed by atoms with Crippen LogP contribution in [0.1, 0.15) is 38.8 Å². The number of anilines is 1. The molecule has 0 aromatic heterocycles. The fourth-order valence-corrected chi connectivity index (χ4v) is 3.62. The molecule has 0 radical (unpaired) electrons. The van der Waals surface area contributed by atoms with Crippen LogP contribution in [-0.2, 0) is 9.53 Å². The number of hydrogen-bond donors (Lipinski definition) is 0. The molecule has 0 saturated heterocycles. The van der Waals surface area contributed by atoms with Gasteiger partial charge in [-0.05, 0) is 55.0 Å². The Morgan fingerprint density at radius 3 is 2.24 bits per heavy atom. The lowest BCUT2D eigenvalue weighted by molar-refractivity contribution is -0.385. The molecule has 3 aromatic rings. The lowest BCUT2D eigenvalue weighted by atomic mass is 9.91. The van der Waals surface area contributed by atoms with Crippen LogP contribution >= 0.6 is 0 Å².